The smallest absolute Gasteiger partial charge is 0.257 e. The molecule has 2 aromatic carbocycles. The van der Waals surface area contributed by atoms with E-state index in [1.165, 1.54) is 0 Å². The number of amides is 1. The van der Waals surface area contributed by atoms with Crippen molar-refractivity contribution in [3.05, 3.63) is 59.2 Å². The summed E-state index contributed by atoms with van der Waals surface area (Å²) in [4.78, 5) is 12.1. The SMILES string of the molecule is Cc1ccc(NN)c(C(=O)Nc2cc(F)cc(F)c2)c1. The second-order valence-corrected chi connectivity index (χ2v) is 4.31. The summed E-state index contributed by atoms with van der Waals surface area (Å²) < 4.78 is 26.1. The normalized spacial score (nSPS) is 10.2. The number of hydrogen-bond donors (Lipinski definition) is 3. The van der Waals surface area contributed by atoms with Crippen molar-refractivity contribution in [2.24, 2.45) is 5.84 Å². The van der Waals surface area contributed by atoms with Crippen LogP contribution in [0.2, 0.25) is 0 Å². The topological polar surface area (TPSA) is 67.1 Å². The lowest BCUT2D eigenvalue weighted by Gasteiger charge is -2.10. The van der Waals surface area contributed by atoms with Gasteiger partial charge in [0.2, 0.25) is 0 Å². The number of hydrazine groups is 1. The Kier molecular flexibility index (Phi) is 3.95. The molecule has 0 spiro atoms. The van der Waals surface area contributed by atoms with Gasteiger partial charge in [-0.25, -0.2) is 8.78 Å². The van der Waals surface area contributed by atoms with Crippen LogP contribution in [0.1, 0.15) is 15.9 Å². The molecule has 0 radical (unpaired) electrons. The Morgan fingerprint density at radius 3 is 2.35 bits per heavy atom. The maximum absolute atomic E-state index is 13.1. The summed E-state index contributed by atoms with van der Waals surface area (Å²) in [5.41, 5.74) is 4.01. The summed E-state index contributed by atoms with van der Waals surface area (Å²) in [5.74, 6) is 3.30. The molecule has 0 fully saturated rings. The van der Waals surface area contributed by atoms with E-state index >= 15 is 0 Å². The molecule has 104 valence electrons. The minimum absolute atomic E-state index is 0.0389. The third-order valence-corrected chi connectivity index (χ3v) is 2.70. The lowest BCUT2D eigenvalue weighted by Crippen LogP contribution is -2.17. The molecule has 0 bridgehead atoms. The molecular formula is C14H13F2N3O. The lowest BCUT2D eigenvalue weighted by molar-refractivity contribution is 0.102. The quantitative estimate of drug-likeness (QED) is 0.597. The number of halogens is 2. The molecule has 0 saturated heterocycles. The number of carbonyl (C=O) groups excluding carboxylic acids is 1. The number of rotatable bonds is 3. The van der Waals surface area contributed by atoms with Crippen molar-refractivity contribution < 1.29 is 13.6 Å². The first-order valence-electron chi connectivity index (χ1n) is 5.84. The van der Waals surface area contributed by atoms with Gasteiger partial charge in [0.25, 0.3) is 5.91 Å². The molecule has 4 N–H and O–H groups in total. The van der Waals surface area contributed by atoms with E-state index in [2.05, 4.69) is 10.7 Å². The van der Waals surface area contributed by atoms with Crippen LogP contribution in [-0.2, 0) is 0 Å². The molecule has 0 aliphatic rings. The van der Waals surface area contributed by atoms with Gasteiger partial charge < -0.3 is 10.7 Å². The number of benzene rings is 2. The predicted octanol–water partition coefficient (Wildman–Crippen LogP) is 2.81. The first-order chi connectivity index (χ1) is 9.49. The molecule has 2 aromatic rings. The zero-order valence-electron chi connectivity index (χ0n) is 10.7. The van der Waals surface area contributed by atoms with Gasteiger partial charge in [0.15, 0.2) is 0 Å². The van der Waals surface area contributed by atoms with Crippen molar-refractivity contribution in [3.63, 3.8) is 0 Å². The summed E-state index contributed by atoms with van der Waals surface area (Å²) in [6, 6.07) is 7.86. The summed E-state index contributed by atoms with van der Waals surface area (Å²) in [7, 11) is 0. The monoisotopic (exact) mass is 277 g/mol. The van der Waals surface area contributed by atoms with E-state index < -0.39 is 17.5 Å². The van der Waals surface area contributed by atoms with Gasteiger partial charge >= 0.3 is 0 Å². The van der Waals surface area contributed by atoms with E-state index in [0.29, 0.717) is 5.69 Å². The van der Waals surface area contributed by atoms with Gasteiger partial charge in [-0.05, 0) is 31.2 Å². The number of aryl methyl sites for hydroxylation is 1. The maximum Gasteiger partial charge on any atom is 0.257 e. The van der Waals surface area contributed by atoms with Gasteiger partial charge in [0.1, 0.15) is 11.6 Å². The number of nitrogens with one attached hydrogen (secondary N) is 2. The molecule has 0 unspecified atom stereocenters. The van der Waals surface area contributed by atoms with Crippen LogP contribution >= 0.6 is 0 Å². The standard InChI is InChI=1S/C14H13F2N3O/c1-8-2-3-13(19-17)12(4-8)14(20)18-11-6-9(15)5-10(16)7-11/h2-7,19H,17H2,1H3,(H,18,20). The highest BCUT2D eigenvalue weighted by atomic mass is 19.1. The molecule has 0 atom stereocenters. The Bertz CT molecular complexity index is 639. The van der Waals surface area contributed by atoms with Gasteiger partial charge in [0, 0.05) is 11.8 Å². The Labute approximate surface area is 114 Å². The summed E-state index contributed by atoms with van der Waals surface area (Å²) in [5, 5.41) is 2.43. The largest absolute Gasteiger partial charge is 0.323 e. The molecule has 0 saturated carbocycles. The number of nitrogens with two attached hydrogens (primary N) is 1. The van der Waals surface area contributed by atoms with E-state index in [1.54, 1.807) is 18.2 Å². The van der Waals surface area contributed by atoms with Crippen LogP contribution in [0.5, 0.6) is 0 Å². The summed E-state index contributed by atoms with van der Waals surface area (Å²) in [6.07, 6.45) is 0. The maximum atomic E-state index is 13.1. The van der Waals surface area contributed by atoms with Gasteiger partial charge in [-0.3, -0.25) is 10.6 Å². The number of anilines is 2. The fourth-order valence-corrected chi connectivity index (χ4v) is 1.80. The summed E-state index contributed by atoms with van der Waals surface area (Å²) >= 11 is 0. The molecule has 2 rings (SSSR count). The second-order valence-electron chi connectivity index (χ2n) is 4.31. The highest BCUT2D eigenvalue weighted by Gasteiger charge is 2.12. The van der Waals surface area contributed by atoms with Crippen molar-refractivity contribution in [2.75, 3.05) is 10.7 Å². The highest BCUT2D eigenvalue weighted by molar-refractivity contribution is 6.08. The molecule has 1 amide bonds. The third-order valence-electron chi connectivity index (χ3n) is 2.70. The minimum Gasteiger partial charge on any atom is -0.323 e. The number of carbonyl (C=O) groups is 1. The van der Waals surface area contributed by atoms with E-state index in [9.17, 15) is 13.6 Å². The lowest BCUT2D eigenvalue weighted by atomic mass is 10.1. The predicted molar refractivity (Wildman–Crippen MR) is 73.3 cm³/mol. The Hall–Kier alpha value is -2.47. The zero-order valence-corrected chi connectivity index (χ0v) is 10.7. The Balaban J connectivity index is 2.30. The second kappa shape index (κ2) is 5.66. The number of hydrogen-bond acceptors (Lipinski definition) is 3. The minimum atomic E-state index is -0.762. The highest BCUT2D eigenvalue weighted by Crippen LogP contribution is 2.19. The zero-order chi connectivity index (χ0) is 14.7. The van der Waals surface area contributed by atoms with Gasteiger partial charge in [-0.2, -0.15) is 0 Å². The molecule has 4 nitrogen and oxygen atoms in total. The van der Waals surface area contributed by atoms with E-state index in [4.69, 9.17) is 5.84 Å². The molecular weight excluding hydrogens is 264 g/mol. The Morgan fingerprint density at radius 2 is 1.75 bits per heavy atom. The van der Waals surface area contributed by atoms with Crippen LogP contribution < -0.4 is 16.6 Å². The van der Waals surface area contributed by atoms with E-state index in [-0.39, 0.29) is 11.3 Å². The van der Waals surface area contributed by atoms with Crippen molar-refractivity contribution >= 4 is 17.3 Å². The molecule has 6 heteroatoms. The van der Waals surface area contributed by atoms with Crippen LogP contribution in [0.15, 0.2) is 36.4 Å². The first-order valence-corrected chi connectivity index (χ1v) is 5.84. The van der Waals surface area contributed by atoms with Crippen LogP contribution in [0.25, 0.3) is 0 Å². The summed E-state index contributed by atoms with van der Waals surface area (Å²) in [6.45, 7) is 1.82. The first kappa shape index (κ1) is 14.0. The fraction of sp³-hybridized carbons (Fsp3) is 0.0714. The van der Waals surface area contributed by atoms with Crippen LogP contribution in [-0.4, -0.2) is 5.91 Å². The van der Waals surface area contributed by atoms with Crippen molar-refractivity contribution in [1.29, 1.82) is 0 Å². The van der Waals surface area contributed by atoms with Crippen molar-refractivity contribution in [3.8, 4) is 0 Å². The molecule has 0 aliphatic heterocycles. The molecule has 20 heavy (non-hydrogen) atoms. The van der Waals surface area contributed by atoms with Crippen LogP contribution in [0.4, 0.5) is 20.2 Å². The van der Waals surface area contributed by atoms with Gasteiger partial charge in [-0.15, -0.1) is 0 Å². The van der Waals surface area contributed by atoms with Crippen LogP contribution in [0.3, 0.4) is 0 Å². The van der Waals surface area contributed by atoms with Gasteiger partial charge in [0.05, 0.1) is 11.3 Å². The third kappa shape index (κ3) is 3.10. The molecule has 0 aromatic heterocycles. The van der Waals surface area contributed by atoms with Gasteiger partial charge in [-0.1, -0.05) is 11.6 Å². The van der Waals surface area contributed by atoms with Crippen molar-refractivity contribution in [1.82, 2.24) is 0 Å². The number of nitrogen functional groups attached to an aromatic ring is 1. The van der Waals surface area contributed by atoms with E-state index in [1.807, 2.05) is 6.92 Å². The van der Waals surface area contributed by atoms with E-state index in [0.717, 1.165) is 23.8 Å². The Morgan fingerprint density at radius 1 is 1.10 bits per heavy atom. The molecule has 0 aliphatic carbocycles. The molecule has 0 heterocycles. The average molecular weight is 277 g/mol. The van der Waals surface area contributed by atoms with Crippen LogP contribution in [0, 0.1) is 18.6 Å². The fourth-order valence-electron chi connectivity index (χ4n) is 1.80. The average Bonchev–Trinajstić information content (AvgIpc) is 2.37. The van der Waals surface area contributed by atoms with Crippen molar-refractivity contribution in [2.45, 2.75) is 6.92 Å².